The highest BCUT2D eigenvalue weighted by Gasteiger charge is 2.17. The van der Waals surface area contributed by atoms with E-state index in [2.05, 4.69) is 14.7 Å². The van der Waals surface area contributed by atoms with Gasteiger partial charge in [0.15, 0.2) is 0 Å². The molecule has 1 aromatic heterocycles. The zero-order valence-corrected chi connectivity index (χ0v) is 12.6. The van der Waals surface area contributed by atoms with E-state index in [1.54, 1.807) is 0 Å². The third kappa shape index (κ3) is 3.60. The van der Waals surface area contributed by atoms with E-state index >= 15 is 0 Å². The van der Waals surface area contributed by atoms with Gasteiger partial charge in [-0.3, -0.25) is 9.52 Å². The van der Waals surface area contributed by atoms with E-state index in [0.29, 0.717) is 0 Å². The van der Waals surface area contributed by atoms with E-state index in [1.807, 2.05) is 0 Å². The number of nitrogens with one attached hydrogen (secondary N) is 1. The highest BCUT2D eigenvalue weighted by atomic mass is 35.5. The topological polar surface area (TPSA) is 115 Å². The summed E-state index contributed by atoms with van der Waals surface area (Å²) in [6, 6.07) is 3.99. The maximum atomic E-state index is 12.1. The lowest BCUT2D eigenvalue weighted by atomic mass is 10.2. The lowest BCUT2D eigenvalue weighted by molar-refractivity contribution is 0.100. The Balaban J connectivity index is 2.35. The molecule has 10 heteroatoms. The second kappa shape index (κ2) is 5.84. The molecule has 110 valence electrons. The number of carbonyl (C=O) groups excluding carboxylic acids is 1. The normalized spacial score (nSPS) is 11.1. The number of benzene rings is 1. The molecule has 0 radical (unpaired) electrons. The molecule has 21 heavy (non-hydrogen) atoms. The van der Waals surface area contributed by atoms with Crippen LogP contribution in [0.3, 0.4) is 0 Å². The van der Waals surface area contributed by atoms with Gasteiger partial charge in [0.2, 0.25) is 11.2 Å². The molecule has 2 rings (SSSR count). The van der Waals surface area contributed by atoms with Crippen LogP contribution in [0.1, 0.15) is 10.4 Å². The molecule has 0 saturated heterocycles. The molecule has 1 aromatic carbocycles. The fourth-order valence-corrected chi connectivity index (χ4v) is 2.68. The number of hydrogen-bond acceptors (Lipinski definition) is 5. The number of primary amides is 1. The average Bonchev–Trinajstić information content (AvgIpc) is 2.41. The molecule has 2 aromatic rings. The first kappa shape index (κ1) is 15.5. The number of hydrogen-bond donors (Lipinski definition) is 2. The molecule has 0 saturated carbocycles. The molecule has 0 aliphatic heterocycles. The average molecular weight is 347 g/mol. The van der Waals surface area contributed by atoms with Gasteiger partial charge >= 0.3 is 0 Å². The summed E-state index contributed by atoms with van der Waals surface area (Å²) in [6.07, 6.45) is 2.12. The molecule has 0 bridgehead atoms. The standard InChI is InChI=1S/C11H8Cl2N4O3S/c12-9-2-1-6(3-8(9)10(14)18)17-21(19,20)7-4-15-11(13)16-5-7/h1-5,17H,(H2,14,18). The van der Waals surface area contributed by atoms with Crippen LogP contribution in [0, 0.1) is 0 Å². The van der Waals surface area contributed by atoms with Crippen molar-refractivity contribution in [2.45, 2.75) is 4.90 Å². The Bertz CT molecular complexity index is 794. The summed E-state index contributed by atoms with van der Waals surface area (Å²) in [5.41, 5.74) is 5.27. The minimum atomic E-state index is -3.91. The minimum absolute atomic E-state index is 0.00391. The molecule has 3 N–H and O–H groups in total. The van der Waals surface area contributed by atoms with Gasteiger partial charge in [0.25, 0.3) is 10.0 Å². The van der Waals surface area contributed by atoms with E-state index in [-0.39, 0.29) is 26.5 Å². The monoisotopic (exact) mass is 346 g/mol. The van der Waals surface area contributed by atoms with Gasteiger partial charge < -0.3 is 5.73 Å². The summed E-state index contributed by atoms with van der Waals surface area (Å²) in [5, 5.41) is 0.0525. The molecular weight excluding hydrogens is 339 g/mol. The van der Waals surface area contributed by atoms with Crippen molar-refractivity contribution >= 4 is 44.8 Å². The number of nitrogens with zero attached hydrogens (tertiary/aromatic N) is 2. The van der Waals surface area contributed by atoms with E-state index in [9.17, 15) is 13.2 Å². The number of nitrogens with two attached hydrogens (primary N) is 1. The van der Waals surface area contributed by atoms with Crippen molar-refractivity contribution < 1.29 is 13.2 Å². The van der Waals surface area contributed by atoms with Gasteiger partial charge in [-0.1, -0.05) is 11.6 Å². The first-order valence-corrected chi connectivity index (χ1v) is 7.63. The number of sulfonamides is 1. The van der Waals surface area contributed by atoms with Gasteiger partial charge in [-0.15, -0.1) is 0 Å². The Morgan fingerprint density at radius 2 is 1.81 bits per heavy atom. The number of aromatic nitrogens is 2. The van der Waals surface area contributed by atoms with E-state index in [0.717, 1.165) is 12.4 Å². The Morgan fingerprint density at radius 3 is 2.38 bits per heavy atom. The predicted molar refractivity (Wildman–Crippen MR) is 77.8 cm³/mol. The highest BCUT2D eigenvalue weighted by Crippen LogP contribution is 2.22. The maximum Gasteiger partial charge on any atom is 0.264 e. The van der Waals surface area contributed by atoms with Crippen molar-refractivity contribution in [1.82, 2.24) is 9.97 Å². The maximum absolute atomic E-state index is 12.1. The van der Waals surface area contributed by atoms with Crippen LogP contribution in [0.4, 0.5) is 5.69 Å². The second-order valence-corrected chi connectivity index (χ2v) is 6.28. The van der Waals surface area contributed by atoms with E-state index in [4.69, 9.17) is 28.9 Å². The van der Waals surface area contributed by atoms with Crippen LogP contribution in [-0.2, 0) is 10.0 Å². The van der Waals surface area contributed by atoms with Gasteiger partial charge in [0.1, 0.15) is 4.90 Å². The van der Waals surface area contributed by atoms with Gasteiger partial charge in [0.05, 0.1) is 23.0 Å². The van der Waals surface area contributed by atoms with Crippen LogP contribution in [0.25, 0.3) is 0 Å². The minimum Gasteiger partial charge on any atom is -0.366 e. The summed E-state index contributed by atoms with van der Waals surface area (Å²) in [7, 11) is -3.91. The Labute approximate surface area is 130 Å². The second-order valence-electron chi connectivity index (χ2n) is 3.85. The lowest BCUT2D eigenvalue weighted by Gasteiger charge is -2.09. The molecule has 0 aliphatic carbocycles. The largest absolute Gasteiger partial charge is 0.366 e. The van der Waals surface area contributed by atoms with Crippen LogP contribution in [-0.4, -0.2) is 24.3 Å². The summed E-state index contributed by atoms with van der Waals surface area (Å²) in [4.78, 5) is 18.2. The van der Waals surface area contributed by atoms with Gasteiger partial charge in [0, 0.05) is 5.69 Å². The van der Waals surface area contributed by atoms with Crippen LogP contribution < -0.4 is 10.5 Å². The molecule has 7 nitrogen and oxygen atoms in total. The Hall–Kier alpha value is -1.90. The molecule has 0 atom stereocenters. The zero-order chi connectivity index (χ0) is 15.6. The third-order valence-corrected chi connectivity index (χ3v) is 4.25. The molecule has 0 unspecified atom stereocenters. The van der Waals surface area contributed by atoms with E-state index < -0.39 is 15.9 Å². The molecule has 0 fully saturated rings. The van der Waals surface area contributed by atoms with Crippen LogP contribution in [0.5, 0.6) is 0 Å². The first-order valence-electron chi connectivity index (χ1n) is 5.39. The van der Waals surface area contributed by atoms with Crippen molar-refractivity contribution in [3.05, 3.63) is 46.5 Å². The third-order valence-electron chi connectivity index (χ3n) is 2.39. The summed E-state index contributed by atoms with van der Waals surface area (Å²) >= 11 is 11.3. The molecule has 0 spiro atoms. The first-order chi connectivity index (χ1) is 9.79. The Kier molecular flexibility index (Phi) is 4.31. The smallest absolute Gasteiger partial charge is 0.264 e. The number of halogens is 2. The van der Waals surface area contributed by atoms with Crippen molar-refractivity contribution in [3.63, 3.8) is 0 Å². The quantitative estimate of drug-likeness (QED) is 0.817. The Morgan fingerprint density at radius 1 is 1.19 bits per heavy atom. The zero-order valence-electron chi connectivity index (χ0n) is 10.2. The van der Waals surface area contributed by atoms with E-state index in [1.165, 1.54) is 18.2 Å². The molecular formula is C11H8Cl2N4O3S. The fourth-order valence-electron chi connectivity index (χ4n) is 1.43. The van der Waals surface area contributed by atoms with Gasteiger partial charge in [-0.25, -0.2) is 18.4 Å². The SMILES string of the molecule is NC(=O)c1cc(NS(=O)(=O)c2cnc(Cl)nc2)ccc1Cl. The molecule has 1 amide bonds. The van der Waals surface area contributed by atoms with Crippen LogP contribution in [0.15, 0.2) is 35.5 Å². The van der Waals surface area contributed by atoms with Gasteiger partial charge in [-0.2, -0.15) is 0 Å². The number of carbonyl (C=O) groups is 1. The molecule has 1 heterocycles. The number of amides is 1. The highest BCUT2D eigenvalue weighted by molar-refractivity contribution is 7.92. The lowest BCUT2D eigenvalue weighted by Crippen LogP contribution is -2.15. The number of anilines is 1. The van der Waals surface area contributed by atoms with Crippen LogP contribution >= 0.6 is 23.2 Å². The van der Waals surface area contributed by atoms with Crippen LogP contribution in [0.2, 0.25) is 10.3 Å². The van der Waals surface area contributed by atoms with Crippen molar-refractivity contribution in [1.29, 1.82) is 0 Å². The fraction of sp³-hybridized carbons (Fsp3) is 0. The number of rotatable bonds is 4. The van der Waals surface area contributed by atoms with Crippen molar-refractivity contribution in [2.75, 3.05) is 4.72 Å². The van der Waals surface area contributed by atoms with Crippen molar-refractivity contribution in [2.24, 2.45) is 5.73 Å². The molecule has 0 aliphatic rings. The predicted octanol–water partition coefficient (Wildman–Crippen LogP) is 1.68. The van der Waals surface area contributed by atoms with Crippen molar-refractivity contribution in [3.8, 4) is 0 Å². The summed E-state index contributed by atoms with van der Waals surface area (Å²) < 4.78 is 26.5. The van der Waals surface area contributed by atoms with Gasteiger partial charge in [-0.05, 0) is 29.8 Å². The summed E-state index contributed by atoms with van der Waals surface area (Å²) in [6.45, 7) is 0. The summed E-state index contributed by atoms with van der Waals surface area (Å²) in [5.74, 6) is -0.768.